The Labute approximate surface area is 270 Å². The third-order valence-corrected chi connectivity index (χ3v) is 7.65. The lowest BCUT2D eigenvalue weighted by Crippen LogP contribution is -2.17. The summed E-state index contributed by atoms with van der Waals surface area (Å²) in [5.74, 6) is 2.88. The van der Waals surface area contributed by atoms with E-state index in [9.17, 15) is 0 Å². The first-order valence-electron chi connectivity index (χ1n) is 15.6. The summed E-state index contributed by atoms with van der Waals surface area (Å²) in [6, 6.07) is 20.6. The van der Waals surface area contributed by atoms with Gasteiger partial charge in [0.15, 0.2) is 5.88 Å². The van der Waals surface area contributed by atoms with Crippen LogP contribution in [-0.2, 0) is 10.2 Å². The molecular formula is C38H51N5O2. The molecule has 3 aromatic carbocycles. The van der Waals surface area contributed by atoms with Crippen molar-refractivity contribution in [1.29, 1.82) is 0 Å². The number of fused-ring (bicyclic) bond motifs is 1. The molecule has 1 atom stereocenters. The van der Waals surface area contributed by atoms with E-state index in [0.29, 0.717) is 11.7 Å². The van der Waals surface area contributed by atoms with Crippen LogP contribution in [0.2, 0.25) is 0 Å². The molecule has 240 valence electrons. The van der Waals surface area contributed by atoms with E-state index in [-0.39, 0.29) is 11.5 Å². The summed E-state index contributed by atoms with van der Waals surface area (Å²) in [7, 11) is 5.75. The number of methoxy groups -OCH3 is 1. The molecule has 0 spiro atoms. The van der Waals surface area contributed by atoms with Crippen molar-refractivity contribution in [2.24, 2.45) is 0 Å². The van der Waals surface area contributed by atoms with Crippen LogP contribution >= 0.6 is 0 Å². The first-order valence-corrected chi connectivity index (χ1v) is 15.6. The lowest BCUT2D eigenvalue weighted by Gasteiger charge is -2.25. The molecule has 0 aliphatic carbocycles. The van der Waals surface area contributed by atoms with Gasteiger partial charge in [0.2, 0.25) is 0 Å². The van der Waals surface area contributed by atoms with Gasteiger partial charge in [0.1, 0.15) is 17.3 Å². The Balaban J connectivity index is 0.00000271. The summed E-state index contributed by atoms with van der Waals surface area (Å²) >= 11 is 0. The van der Waals surface area contributed by atoms with Gasteiger partial charge in [-0.1, -0.05) is 65.5 Å². The number of anilines is 3. The van der Waals surface area contributed by atoms with Crippen LogP contribution in [0.5, 0.6) is 11.5 Å². The number of hydrogen-bond acceptors (Lipinski definition) is 7. The van der Waals surface area contributed by atoms with E-state index < -0.39 is 0 Å². The minimum Gasteiger partial charge on any atom is -0.483 e. The minimum absolute atomic E-state index is 0.0510. The van der Waals surface area contributed by atoms with Crippen molar-refractivity contribution in [1.82, 2.24) is 9.88 Å². The van der Waals surface area contributed by atoms with Crippen molar-refractivity contribution >= 4 is 27.8 Å². The fourth-order valence-corrected chi connectivity index (χ4v) is 4.72. The number of ether oxygens (including phenoxy) is 2. The van der Waals surface area contributed by atoms with Gasteiger partial charge in [-0.05, 0) is 87.8 Å². The molecule has 4 aromatic rings. The fraction of sp³-hybridized carbons (Fsp3) is 0.342. The largest absolute Gasteiger partial charge is 0.483 e. The van der Waals surface area contributed by atoms with Gasteiger partial charge in [-0.25, -0.2) is 0 Å². The van der Waals surface area contributed by atoms with Crippen LogP contribution in [0.1, 0.15) is 71.3 Å². The van der Waals surface area contributed by atoms with Crippen LogP contribution < -0.4 is 20.7 Å². The van der Waals surface area contributed by atoms with Crippen molar-refractivity contribution < 1.29 is 9.47 Å². The molecule has 0 radical (unpaired) electrons. The number of benzene rings is 3. The summed E-state index contributed by atoms with van der Waals surface area (Å²) < 4.78 is 11.9. The monoisotopic (exact) mass is 609 g/mol. The molecule has 0 aliphatic heterocycles. The molecule has 1 unspecified atom stereocenters. The highest BCUT2D eigenvalue weighted by atomic mass is 16.5. The highest BCUT2D eigenvalue weighted by Crippen LogP contribution is 2.37. The van der Waals surface area contributed by atoms with Gasteiger partial charge in [0.05, 0.1) is 12.8 Å². The summed E-state index contributed by atoms with van der Waals surface area (Å²) in [4.78, 5) is 6.66. The van der Waals surface area contributed by atoms with E-state index in [1.807, 2.05) is 77.3 Å². The molecule has 0 saturated carbocycles. The number of pyridine rings is 1. The maximum absolute atomic E-state index is 6.40. The number of allylic oxidation sites excluding steroid dienone is 1. The summed E-state index contributed by atoms with van der Waals surface area (Å²) in [6.45, 7) is 21.1. The van der Waals surface area contributed by atoms with Crippen LogP contribution in [0.15, 0.2) is 91.2 Å². The second-order valence-electron chi connectivity index (χ2n) is 12.0. The van der Waals surface area contributed by atoms with Crippen molar-refractivity contribution in [2.75, 3.05) is 37.2 Å². The summed E-state index contributed by atoms with van der Waals surface area (Å²) in [5, 5.41) is 12.5. The number of rotatable bonds is 11. The lowest BCUT2D eigenvalue weighted by atomic mass is 9.85. The van der Waals surface area contributed by atoms with E-state index in [1.54, 1.807) is 13.3 Å². The van der Waals surface area contributed by atoms with Crippen molar-refractivity contribution in [2.45, 2.75) is 66.8 Å². The zero-order chi connectivity index (χ0) is 33.3. The molecule has 0 fully saturated rings. The summed E-state index contributed by atoms with van der Waals surface area (Å²) in [6.07, 6.45) is 3.71. The summed E-state index contributed by atoms with van der Waals surface area (Å²) in [5.41, 5.74) is 6.02. The van der Waals surface area contributed by atoms with Crippen molar-refractivity contribution in [3.63, 3.8) is 0 Å². The predicted molar refractivity (Wildman–Crippen MR) is 192 cm³/mol. The highest BCUT2D eigenvalue weighted by Gasteiger charge is 2.19. The van der Waals surface area contributed by atoms with E-state index in [4.69, 9.17) is 9.47 Å². The highest BCUT2D eigenvalue weighted by molar-refractivity contribution is 5.98. The normalized spacial score (nSPS) is 12.2. The second-order valence-corrected chi connectivity index (χ2v) is 12.0. The van der Waals surface area contributed by atoms with Gasteiger partial charge in [-0.2, -0.15) is 0 Å². The molecule has 4 rings (SSSR count). The molecule has 3 N–H and O–H groups in total. The number of hydrogen-bond donors (Lipinski definition) is 3. The van der Waals surface area contributed by atoms with Crippen LogP contribution in [0, 0.1) is 6.92 Å². The first kappa shape index (κ1) is 35.0. The van der Waals surface area contributed by atoms with Gasteiger partial charge in [-0.15, -0.1) is 0 Å². The van der Waals surface area contributed by atoms with Gasteiger partial charge >= 0.3 is 0 Å². The zero-order valence-corrected chi connectivity index (χ0v) is 28.9. The Morgan fingerprint density at radius 2 is 1.53 bits per heavy atom. The maximum Gasteiger partial charge on any atom is 0.186 e. The molecule has 0 bridgehead atoms. The molecule has 0 saturated heterocycles. The molecule has 0 aliphatic rings. The van der Waals surface area contributed by atoms with E-state index in [2.05, 4.69) is 91.3 Å². The van der Waals surface area contributed by atoms with E-state index in [0.717, 1.165) is 50.6 Å². The van der Waals surface area contributed by atoms with Gasteiger partial charge < -0.3 is 30.3 Å². The maximum atomic E-state index is 6.40. The Morgan fingerprint density at radius 1 is 0.911 bits per heavy atom. The van der Waals surface area contributed by atoms with Gasteiger partial charge in [-0.3, -0.25) is 4.98 Å². The zero-order valence-electron chi connectivity index (χ0n) is 28.9. The molecule has 0 amide bonds. The van der Waals surface area contributed by atoms with Crippen LogP contribution in [0.3, 0.4) is 0 Å². The van der Waals surface area contributed by atoms with Crippen LogP contribution in [0.25, 0.3) is 10.8 Å². The molecule has 7 heteroatoms. The first-order chi connectivity index (χ1) is 21.4. The predicted octanol–water partition coefficient (Wildman–Crippen LogP) is 10.2. The second kappa shape index (κ2) is 15.5. The van der Waals surface area contributed by atoms with E-state index >= 15 is 0 Å². The third-order valence-electron chi connectivity index (χ3n) is 7.65. The number of aromatic nitrogens is 1. The molecule has 45 heavy (non-hydrogen) atoms. The smallest absolute Gasteiger partial charge is 0.186 e. The Bertz CT molecular complexity index is 1640. The van der Waals surface area contributed by atoms with Crippen LogP contribution in [-0.4, -0.2) is 31.1 Å². The number of nitrogens with zero attached hydrogens (tertiary/aromatic N) is 2. The molecule has 7 nitrogen and oxygen atoms in total. The molecule has 1 heterocycles. The average Bonchev–Trinajstić information content (AvgIpc) is 3.02. The Hall–Kier alpha value is -4.49. The minimum atomic E-state index is -0.0510. The van der Waals surface area contributed by atoms with E-state index in [1.165, 1.54) is 5.56 Å². The quantitative estimate of drug-likeness (QED) is 0.146. The average molecular weight is 610 g/mol. The lowest BCUT2D eigenvalue weighted by molar-refractivity contribution is 0.297. The van der Waals surface area contributed by atoms with Crippen molar-refractivity contribution in [3.8, 4) is 11.5 Å². The van der Waals surface area contributed by atoms with Gasteiger partial charge in [0, 0.05) is 46.1 Å². The number of nitrogens with one attached hydrogen (secondary N) is 3. The Morgan fingerprint density at radius 3 is 2.13 bits per heavy atom. The Kier molecular flexibility index (Phi) is 12.0. The third kappa shape index (κ3) is 8.79. The van der Waals surface area contributed by atoms with Gasteiger partial charge in [0.25, 0.3) is 0 Å². The van der Waals surface area contributed by atoms with Crippen molar-refractivity contribution in [3.05, 3.63) is 108 Å². The topological polar surface area (TPSA) is 70.7 Å². The molecular weight excluding hydrogens is 558 g/mol. The molecule has 1 aromatic heterocycles. The standard InChI is InChI=1S/C36H45N5O2.C2H6/c1-11-35(42-10)40-32-21-26(36(5,6)7)20-31(23(32)2)39-25(4)38-30-16-17-34(29-15-13-12-14-28(29)30)43-27-18-19-37-33(22-27)24(3)41(8)9;1-2/h11-22,24,38-40H,4H2,1-3,5-10H3;1-2H3. The fourth-order valence-electron chi connectivity index (χ4n) is 4.72. The SMILES string of the molecule is C=C(Nc1cc(C(C)(C)C)cc(NC(=CC)OC)c1C)Nc1ccc(Oc2ccnc(C(C)N(C)C)c2)c2ccccc12.CC. The van der Waals surface area contributed by atoms with Crippen LogP contribution in [0.4, 0.5) is 17.1 Å².